The van der Waals surface area contributed by atoms with Crippen LogP contribution in [0.15, 0.2) is 42.5 Å². The molecule has 1 amide bonds. The molecule has 4 unspecified atom stereocenters. The van der Waals surface area contributed by atoms with Crippen LogP contribution in [-0.4, -0.2) is 25.1 Å². The third kappa shape index (κ3) is 2.75. The predicted molar refractivity (Wildman–Crippen MR) is 94.7 cm³/mol. The van der Waals surface area contributed by atoms with Crippen molar-refractivity contribution < 1.29 is 9.53 Å². The lowest BCUT2D eigenvalue weighted by molar-refractivity contribution is -0.127. The molecule has 0 spiro atoms. The summed E-state index contributed by atoms with van der Waals surface area (Å²) in [6.45, 7) is 0.985. The molecule has 2 saturated carbocycles. The van der Waals surface area contributed by atoms with Gasteiger partial charge in [-0.2, -0.15) is 0 Å². The number of carbonyl (C=O) groups is 1. The number of ether oxygens (including phenoxy) is 1. The predicted octanol–water partition coefficient (Wildman–Crippen LogP) is 2.71. The van der Waals surface area contributed by atoms with Crippen molar-refractivity contribution >= 4 is 16.7 Å². The first-order chi connectivity index (χ1) is 11.7. The highest BCUT2D eigenvalue weighted by atomic mass is 16.5. The molecule has 0 aromatic heterocycles. The largest absolute Gasteiger partial charge is 0.491 e. The molecule has 0 aliphatic heterocycles. The van der Waals surface area contributed by atoms with Crippen LogP contribution in [0.1, 0.15) is 19.3 Å². The highest BCUT2D eigenvalue weighted by Crippen LogP contribution is 2.47. The second-order valence-corrected chi connectivity index (χ2v) is 7.05. The summed E-state index contributed by atoms with van der Waals surface area (Å²) in [5.41, 5.74) is 6.23. The van der Waals surface area contributed by atoms with Crippen LogP contribution in [0.2, 0.25) is 0 Å². The Labute approximate surface area is 142 Å². The molecular weight excluding hydrogens is 300 g/mol. The Bertz CT molecular complexity index is 738. The van der Waals surface area contributed by atoms with E-state index in [0.717, 1.165) is 29.4 Å². The van der Waals surface area contributed by atoms with E-state index in [-0.39, 0.29) is 17.9 Å². The zero-order valence-electron chi connectivity index (χ0n) is 13.8. The van der Waals surface area contributed by atoms with Crippen LogP contribution in [-0.2, 0) is 4.79 Å². The van der Waals surface area contributed by atoms with Crippen molar-refractivity contribution in [2.24, 2.45) is 23.5 Å². The topological polar surface area (TPSA) is 64.4 Å². The molecule has 2 bridgehead atoms. The van der Waals surface area contributed by atoms with E-state index >= 15 is 0 Å². The van der Waals surface area contributed by atoms with Crippen molar-refractivity contribution in [2.45, 2.75) is 25.3 Å². The number of benzene rings is 2. The van der Waals surface area contributed by atoms with E-state index in [2.05, 4.69) is 23.5 Å². The van der Waals surface area contributed by atoms with Gasteiger partial charge in [-0.3, -0.25) is 4.79 Å². The summed E-state index contributed by atoms with van der Waals surface area (Å²) in [6, 6.07) is 14.2. The fourth-order valence-electron chi connectivity index (χ4n) is 4.50. The highest BCUT2D eigenvalue weighted by molar-refractivity contribution is 5.88. The van der Waals surface area contributed by atoms with Crippen LogP contribution in [0.25, 0.3) is 10.8 Å². The third-order valence-electron chi connectivity index (χ3n) is 5.69. The second kappa shape index (κ2) is 6.44. The number of fused-ring (bicyclic) bond motifs is 3. The van der Waals surface area contributed by atoms with Gasteiger partial charge in [0.1, 0.15) is 12.4 Å². The smallest absolute Gasteiger partial charge is 0.225 e. The van der Waals surface area contributed by atoms with E-state index in [1.54, 1.807) is 0 Å². The zero-order valence-corrected chi connectivity index (χ0v) is 13.8. The van der Waals surface area contributed by atoms with Gasteiger partial charge in [-0.15, -0.1) is 0 Å². The summed E-state index contributed by atoms with van der Waals surface area (Å²) in [4.78, 5) is 12.4. The summed E-state index contributed by atoms with van der Waals surface area (Å²) in [5.74, 6) is 2.01. The van der Waals surface area contributed by atoms with Gasteiger partial charge in [0.15, 0.2) is 0 Å². The number of amides is 1. The van der Waals surface area contributed by atoms with Crippen molar-refractivity contribution in [3.63, 3.8) is 0 Å². The van der Waals surface area contributed by atoms with Crippen LogP contribution < -0.4 is 15.8 Å². The minimum absolute atomic E-state index is 0.00121. The Kier molecular flexibility index (Phi) is 4.15. The molecule has 4 atom stereocenters. The monoisotopic (exact) mass is 324 g/mol. The van der Waals surface area contributed by atoms with Crippen LogP contribution in [0.3, 0.4) is 0 Å². The first-order valence-electron chi connectivity index (χ1n) is 8.88. The minimum atomic E-state index is 0.00121. The third-order valence-corrected chi connectivity index (χ3v) is 5.69. The quantitative estimate of drug-likeness (QED) is 0.831. The standard InChI is InChI=1S/C20H24N2O2/c21-19-15-9-8-14(12-15)18(19)20(23)22-10-11-24-17-7-3-5-13-4-1-2-6-16(13)17/h1-7,14-15,18-19H,8-12,21H2,(H,22,23). The van der Waals surface area contributed by atoms with Crippen molar-refractivity contribution in [2.75, 3.05) is 13.2 Å². The summed E-state index contributed by atoms with van der Waals surface area (Å²) < 4.78 is 5.88. The number of nitrogens with one attached hydrogen (secondary N) is 1. The fraction of sp³-hybridized carbons (Fsp3) is 0.450. The molecule has 4 nitrogen and oxygen atoms in total. The molecule has 2 aromatic rings. The van der Waals surface area contributed by atoms with Crippen LogP contribution in [0.4, 0.5) is 0 Å². The van der Waals surface area contributed by atoms with Gasteiger partial charge in [-0.1, -0.05) is 36.4 Å². The Hall–Kier alpha value is -2.07. The molecule has 3 N–H and O–H groups in total. The number of hydrogen-bond acceptors (Lipinski definition) is 3. The number of nitrogens with two attached hydrogens (primary N) is 1. The van der Waals surface area contributed by atoms with E-state index < -0.39 is 0 Å². The molecule has 2 aromatic carbocycles. The van der Waals surface area contributed by atoms with Crippen molar-refractivity contribution in [1.82, 2.24) is 5.32 Å². The summed E-state index contributed by atoms with van der Waals surface area (Å²) >= 11 is 0. The van der Waals surface area contributed by atoms with E-state index in [1.807, 2.05) is 24.3 Å². The van der Waals surface area contributed by atoms with Crippen LogP contribution >= 0.6 is 0 Å². The zero-order chi connectivity index (χ0) is 16.5. The normalized spacial score (nSPS) is 28.2. The molecule has 24 heavy (non-hydrogen) atoms. The summed E-state index contributed by atoms with van der Waals surface area (Å²) in [7, 11) is 0. The Morgan fingerprint density at radius 1 is 1.12 bits per heavy atom. The van der Waals surface area contributed by atoms with Crippen molar-refractivity contribution in [3.05, 3.63) is 42.5 Å². The van der Waals surface area contributed by atoms with Crippen LogP contribution in [0.5, 0.6) is 5.75 Å². The lowest BCUT2D eigenvalue weighted by atomic mass is 9.84. The van der Waals surface area contributed by atoms with E-state index in [0.29, 0.717) is 25.0 Å². The van der Waals surface area contributed by atoms with E-state index in [1.165, 1.54) is 6.42 Å². The van der Waals surface area contributed by atoms with Gasteiger partial charge in [-0.05, 0) is 42.6 Å². The Morgan fingerprint density at radius 3 is 2.75 bits per heavy atom. The van der Waals surface area contributed by atoms with Gasteiger partial charge in [-0.25, -0.2) is 0 Å². The Morgan fingerprint density at radius 2 is 1.92 bits per heavy atom. The lowest BCUT2D eigenvalue weighted by Crippen LogP contribution is -2.46. The van der Waals surface area contributed by atoms with E-state index in [9.17, 15) is 4.79 Å². The SMILES string of the molecule is NC1C2CCC(C2)C1C(=O)NCCOc1cccc2ccccc12. The fourth-order valence-corrected chi connectivity index (χ4v) is 4.50. The van der Waals surface area contributed by atoms with Gasteiger partial charge < -0.3 is 15.8 Å². The molecule has 126 valence electrons. The number of rotatable bonds is 5. The second-order valence-electron chi connectivity index (χ2n) is 7.05. The lowest BCUT2D eigenvalue weighted by Gasteiger charge is -2.27. The molecule has 4 rings (SSSR count). The number of hydrogen-bond donors (Lipinski definition) is 2. The minimum Gasteiger partial charge on any atom is -0.491 e. The molecular formula is C20H24N2O2. The summed E-state index contributed by atoms with van der Waals surface area (Å²) in [6.07, 6.45) is 3.48. The maximum Gasteiger partial charge on any atom is 0.225 e. The van der Waals surface area contributed by atoms with Gasteiger partial charge in [0, 0.05) is 11.4 Å². The maximum absolute atomic E-state index is 12.4. The van der Waals surface area contributed by atoms with Gasteiger partial charge >= 0.3 is 0 Å². The van der Waals surface area contributed by atoms with Crippen molar-refractivity contribution in [3.8, 4) is 5.75 Å². The maximum atomic E-state index is 12.4. The molecule has 4 heteroatoms. The first kappa shape index (κ1) is 15.5. The number of carbonyl (C=O) groups excluding carboxylic acids is 1. The molecule has 0 heterocycles. The molecule has 0 saturated heterocycles. The van der Waals surface area contributed by atoms with Gasteiger partial charge in [0.25, 0.3) is 0 Å². The molecule has 2 aliphatic rings. The molecule has 2 fully saturated rings. The van der Waals surface area contributed by atoms with Crippen LogP contribution in [0, 0.1) is 17.8 Å². The average molecular weight is 324 g/mol. The highest BCUT2D eigenvalue weighted by Gasteiger charge is 2.48. The Balaban J connectivity index is 1.31. The van der Waals surface area contributed by atoms with Gasteiger partial charge in [0.05, 0.1) is 12.5 Å². The summed E-state index contributed by atoms with van der Waals surface area (Å²) in [5, 5.41) is 5.27. The van der Waals surface area contributed by atoms with E-state index in [4.69, 9.17) is 10.5 Å². The van der Waals surface area contributed by atoms with Crippen molar-refractivity contribution in [1.29, 1.82) is 0 Å². The molecule has 2 aliphatic carbocycles. The van der Waals surface area contributed by atoms with Gasteiger partial charge in [0.2, 0.25) is 5.91 Å². The molecule has 0 radical (unpaired) electrons. The average Bonchev–Trinajstić information content (AvgIpc) is 3.20. The first-order valence-corrected chi connectivity index (χ1v) is 8.88.